The molecule has 1 aromatic rings. The molecule has 0 radical (unpaired) electrons. The zero-order chi connectivity index (χ0) is 25.3. The summed E-state index contributed by atoms with van der Waals surface area (Å²) in [6.07, 6.45) is 4.79. The van der Waals surface area contributed by atoms with Crippen molar-refractivity contribution in [2.45, 2.75) is 52.3 Å². The fourth-order valence-corrected chi connectivity index (χ4v) is 2.80. The van der Waals surface area contributed by atoms with Gasteiger partial charge in [-0.2, -0.15) is 0 Å². The largest absolute Gasteiger partial charge is 0.508 e. The number of hydrogen-bond donors (Lipinski definition) is 3. The van der Waals surface area contributed by atoms with Crippen molar-refractivity contribution in [2.24, 2.45) is 5.92 Å². The molecule has 0 aromatic heterocycles. The molecule has 0 aliphatic heterocycles. The van der Waals surface area contributed by atoms with Crippen LogP contribution in [-0.2, 0) is 23.9 Å². The van der Waals surface area contributed by atoms with E-state index in [4.69, 9.17) is 11.2 Å². The molecule has 0 spiro atoms. The molecule has 33 heavy (non-hydrogen) atoms. The number of esters is 1. The number of nitrogens with zero attached hydrogens (tertiary/aromatic N) is 1. The van der Waals surface area contributed by atoms with Crippen molar-refractivity contribution in [3.8, 4) is 18.2 Å². The highest BCUT2D eigenvalue weighted by Gasteiger charge is 2.37. The number of alkyl carbamates (subject to hydrolysis) is 1. The molecule has 0 heterocycles. The van der Waals surface area contributed by atoms with Crippen LogP contribution in [0.1, 0.15) is 46.2 Å². The van der Waals surface area contributed by atoms with Crippen LogP contribution in [0.3, 0.4) is 0 Å². The van der Waals surface area contributed by atoms with E-state index in [0.717, 1.165) is 12.0 Å². The zero-order valence-electron chi connectivity index (χ0n) is 19.7. The molecule has 0 saturated carbocycles. The lowest BCUT2D eigenvalue weighted by molar-refractivity contribution is -0.143. The number of terminal acetylenes is 1. The van der Waals surface area contributed by atoms with E-state index >= 15 is 0 Å². The Kier molecular flexibility index (Phi) is 9.73. The Balaban J connectivity index is 3.33. The maximum absolute atomic E-state index is 13.4. The average Bonchev–Trinajstić information content (AvgIpc) is 2.71. The number of ether oxygens (including phenoxy) is 2. The number of hydrogen-bond acceptors (Lipinski definition) is 7. The summed E-state index contributed by atoms with van der Waals surface area (Å²) >= 11 is 0. The normalized spacial score (nSPS) is 12.7. The second-order valence-corrected chi connectivity index (χ2v) is 8.50. The summed E-state index contributed by atoms with van der Waals surface area (Å²) in [6, 6.07) is 5.29. The Morgan fingerprint density at radius 1 is 1.21 bits per heavy atom. The van der Waals surface area contributed by atoms with Gasteiger partial charge < -0.3 is 25.2 Å². The minimum Gasteiger partial charge on any atom is -0.508 e. The second kappa shape index (κ2) is 11.8. The molecule has 2 unspecified atom stereocenters. The summed E-state index contributed by atoms with van der Waals surface area (Å²) < 4.78 is 9.75. The van der Waals surface area contributed by atoms with Gasteiger partial charge in [0.15, 0.2) is 0 Å². The molecule has 180 valence electrons. The SMILES string of the molecule is C#CN(C(=O)C(NC(=O)OC(C)(C)C)C(C)C)C(C(=O)NCC(=O)OC)c1cccc(O)c1. The van der Waals surface area contributed by atoms with Gasteiger partial charge in [0, 0.05) is 6.04 Å². The maximum atomic E-state index is 13.4. The fourth-order valence-electron chi connectivity index (χ4n) is 2.80. The summed E-state index contributed by atoms with van der Waals surface area (Å²) in [4.78, 5) is 51.0. The van der Waals surface area contributed by atoms with Gasteiger partial charge in [-0.05, 0) is 44.4 Å². The molecule has 10 heteroatoms. The molecule has 0 bridgehead atoms. The first-order valence-electron chi connectivity index (χ1n) is 10.2. The molecule has 0 saturated heterocycles. The van der Waals surface area contributed by atoms with Gasteiger partial charge in [0.05, 0.1) is 7.11 Å². The number of phenolic OH excluding ortho intramolecular Hbond substituents is 1. The minimum absolute atomic E-state index is 0.157. The van der Waals surface area contributed by atoms with Crippen molar-refractivity contribution in [1.29, 1.82) is 0 Å². The van der Waals surface area contributed by atoms with E-state index in [9.17, 15) is 24.3 Å². The number of aromatic hydroxyl groups is 1. The smallest absolute Gasteiger partial charge is 0.408 e. The predicted molar refractivity (Wildman–Crippen MR) is 120 cm³/mol. The number of carbonyl (C=O) groups excluding carboxylic acids is 4. The maximum Gasteiger partial charge on any atom is 0.408 e. The van der Waals surface area contributed by atoms with Crippen LogP contribution in [0.4, 0.5) is 4.79 Å². The molecule has 10 nitrogen and oxygen atoms in total. The van der Waals surface area contributed by atoms with E-state index in [-0.39, 0.29) is 11.3 Å². The van der Waals surface area contributed by atoms with Gasteiger partial charge in [0.25, 0.3) is 5.91 Å². The molecular weight excluding hydrogens is 430 g/mol. The van der Waals surface area contributed by atoms with Crippen molar-refractivity contribution >= 4 is 23.9 Å². The van der Waals surface area contributed by atoms with Gasteiger partial charge in [-0.1, -0.05) is 32.4 Å². The second-order valence-electron chi connectivity index (χ2n) is 8.50. The first-order chi connectivity index (χ1) is 15.3. The lowest BCUT2D eigenvalue weighted by Gasteiger charge is -2.31. The van der Waals surface area contributed by atoms with Gasteiger partial charge in [-0.15, -0.1) is 0 Å². The van der Waals surface area contributed by atoms with E-state index in [1.54, 1.807) is 34.6 Å². The number of nitrogens with one attached hydrogen (secondary N) is 2. The molecule has 0 fully saturated rings. The van der Waals surface area contributed by atoms with Crippen molar-refractivity contribution in [2.75, 3.05) is 13.7 Å². The summed E-state index contributed by atoms with van der Waals surface area (Å²) in [7, 11) is 1.16. The molecule has 0 aliphatic rings. The van der Waals surface area contributed by atoms with Crippen LogP contribution >= 0.6 is 0 Å². The molecular formula is C23H31N3O7. The molecule has 0 aliphatic carbocycles. The van der Waals surface area contributed by atoms with E-state index in [2.05, 4.69) is 21.4 Å². The monoisotopic (exact) mass is 461 g/mol. The van der Waals surface area contributed by atoms with Crippen molar-refractivity contribution in [3.63, 3.8) is 0 Å². The number of phenols is 1. The topological polar surface area (TPSA) is 134 Å². The number of rotatable bonds is 8. The van der Waals surface area contributed by atoms with Crippen molar-refractivity contribution in [3.05, 3.63) is 29.8 Å². The lowest BCUT2D eigenvalue weighted by atomic mass is 9.99. The highest BCUT2D eigenvalue weighted by molar-refractivity contribution is 5.94. The Morgan fingerprint density at radius 2 is 1.85 bits per heavy atom. The quantitative estimate of drug-likeness (QED) is 0.305. The van der Waals surface area contributed by atoms with Gasteiger partial charge in [-0.25, -0.2) is 4.79 Å². The number of benzene rings is 1. The van der Waals surface area contributed by atoms with Crippen LogP contribution in [0.2, 0.25) is 0 Å². The minimum atomic E-state index is -1.40. The van der Waals surface area contributed by atoms with Crippen LogP contribution in [0.25, 0.3) is 0 Å². The third-order valence-corrected chi connectivity index (χ3v) is 4.31. The molecule has 2 atom stereocenters. The number of carbonyl (C=O) groups is 4. The summed E-state index contributed by atoms with van der Waals surface area (Å²) in [5, 5.41) is 14.7. The standard InChI is InChI=1S/C23H31N3O7/c1-8-26(21(30)18(14(2)3)25-22(31)33-23(4,5)6)19(15-10-9-11-16(27)12-15)20(29)24-13-17(28)32-7/h1,9-12,14,18-19,27H,13H2,2-7H3,(H,24,29)(H,25,31). The highest BCUT2D eigenvalue weighted by atomic mass is 16.6. The summed E-state index contributed by atoms with van der Waals surface area (Å²) in [5.41, 5.74) is -0.596. The number of amides is 3. The van der Waals surface area contributed by atoms with E-state index < -0.39 is 54.0 Å². The van der Waals surface area contributed by atoms with Crippen LogP contribution in [0, 0.1) is 18.4 Å². The highest BCUT2D eigenvalue weighted by Crippen LogP contribution is 2.25. The van der Waals surface area contributed by atoms with Crippen LogP contribution in [0.5, 0.6) is 5.75 Å². The van der Waals surface area contributed by atoms with Crippen molar-refractivity contribution < 1.29 is 33.8 Å². The van der Waals surface area contributed by atoms with Gasteiger partial charge in [-0.3, -0.25) is 19.3 Å². The third kappa shape index (κ3) is 8.37. The Morgan fingerprint density at radius 3 is 2.33 bits per heavy atom. The molecule has 3 N–H and O–H groups in total. The first kappa shape index (κ1) is 27.3. The van der Waals surface area contributed by atoms with E-state index in [0.29, 0.717) is 0 Å². The van der Waals surface area contributed by atoms with Crippen LogP contribution in [-0.4, -0.2) is 59.2 Å². The van der Waals surface area contributed by atoms with E-state index in [1.807, 2.05) is 0 Å². The van der Waals surface area contributed by atoms with E-state index in [1.165, 1.54) is 24.3 Å². The Labute approximate surface area is 193 Å². The number of methoxy groups -OCH3 is 1. The predicted octanol–water partition coefficient (Wildman–Crippen LogP) is 1.69. The summed E-state index contributed by atoms with van der Waals surface area (Å²) in [6.45, 7) is 7.95. The zero-order valence-corrected chi connectivity index (χ0v) is 19.7. The van der Waals surface area contributed by atoms with Crippen LogP contribution in [0.15, 0.2) is 24.3 Å². The van der Waals surface area contributed by atoms with Crippen molar-refractivity contribution in [1.82, 2.24) is 15.5 Å². The van der Waals surface area contributed by atoms with Gasteiger partial charge in [0.1, 0.15) is 30.0 Å². The average molecular weight is 462 g/mol. The molecule has 1 rings (SSSR count). The molecule has 1 aromatic carbocycles. The Bertz CT molecular complexity index is 915. The fraction of sp³-hybridized carbons (Fsp3) is 0.478. The third-order valence-electron chi connectivity index (χ3n) is 4.31. The first-order valence-corrected chi connectivity index (χ1v) is 10.2. The van der Waals surface area contributed by atoms with Gasteiger partial charge in [0.2, 0.25) is 5.91 Å². The van der Waals surface area contributed by atoms with Crippen LogP contribution < -0.4 is 10.6 Å². The molecule has 3 amide bonds. The summed E-state index contributed by atoms with van der Waals surface area (Å²) in [5.74, 6) is -2.81. The lowest BCUT2D eigenvalue weighted by Crippen LogP contribution is -2.53. The van der Waals surface area contributed by atoms with Gasteiger partial charge >= 0.3 is 12.1 Å². The Hall–Kier alpha value is -3.74.